The van der Waals surface area contributed by atoms with Crippen molar-refractivity contribution in [3.63, 3.8) is 0 Å². The minimum atomic E-state index is -5.05. The number of halogens is 4. The maximum atomic E-state index is 14.0. The average Bonchev–Trinajstić information content (AvgIpc) is 3.85. The Kier molecular flexibility index (Phi) is 11.0. The van der Waals surface area contributed by atoms with E-state index >= 15 is 0 Å². The molecule has 0 bridgehead atoms. The van der Waals surface area contributed by atoms with Crippen LogP contribution in [0.3, 0.4) is 0 Å². The van der Waals surface area contributed by atoms with Crippen LogP contribution in [0, 0.1) is 0 Å². The van der Waals surface area contributed by atoms with E-state index in [1.54, 1.807) is 4.90 Å². The second-order valence-electron chi connectivity index (χ2n) is 12.3. The van der Waals surface area contributed by atoms with Crippen molar-refractivity contribution in [1.82, 2.24) is 43.9 Å². The molecule has 22 heteroatoms. The normalized spacial score (nSPS) is 18.0. The van der Waals surface area contributed by atoms with Crippen LogP contribution >= 0.6 is 11.6 Å². The van der Waals surface area contributed by atoms with Crippen LogP contribution in [-0.2, 0) is 32.7 Å². The van der Waals surface area contributed by atoms with Crippen LogP contribution in [0.4, 0.5) is 13.2 Å². The molecule has 0 aliphatic carbocycles. The number of carbonyl (C=O) groups excluding carboxylic acids is 2. The molecule has 2 amide bonds. The molecule has 2 aliphatic rings. The first kappa shape index (κ1) is 38.0. The van der Waals surface area contributed by atoms with Crippen LogP contribution in [0.2, 0.25) is 5.02 Å². The van der Waals surface area contributed by atoms with Gasteiger partial charge in [0.2, 0.25) is 5.82 Å². The summed E-state index contributed by atoms with van der Waals surface area (Å²) in [6.07, 6.45) is -3.95. The van der Waals surface area contributed by atoms with Crippen molar-refractivity contribution in [1.29, 1.82) is 0 Å². The van der Waals surface area contributed by atoms with Crippen molar-refractivity contribution in [2.45, 2.75) is 44.3 Å². The predicted octanol–water partition coefficient (Wildman–Crippen LogP) is 1.37. The number of likely N-dealkylation sites (tertiary alicyclic amines) is 1. The summed E-state index contributed by atoms with van der Waals surface area (Å²) in [4.78, 5) is 62.7. The molecule has 1 unspecified atom stereocenters. The van der Waals surface area contributed by atoms with E-state index < -0.39 is 52.7 Å². The Balaban J connectivity index is 1.42. The topological polar surface area (TPSA) is 197 Å². The van der Waals surface area contributed by atoms with Gasteiger partial charge in [-0.05, 0) is 43.2 Å². The molecule has 2 aliphatic heterocycles. The molecule has 3 aromatic heterocycles. The number of aromatic nitrogens is 7. The minimum Gasteiger partial charge on any atom is -0.382 e. The van der Waals surface area contributed by atoms with Gasteiger partial charge in [-0.2, -0.15) is 13.2 Å². The van der Waals surface area contributed by atoms with E-state index in [0.29, 0.717) is 29.0 Å². The molecule has 53 heavy (non-hydrogen) atoms. The van der Waals surface area contributed by atoms with E-state index in [-0.39, 0.29) is 71.5 Å². The van der Waals surface area contributed by atoms with Gasteiger partial charge in [-0.15, -0.1) is 10.2 Å². The standard InChI is InChI=1S/C31H33ClF3N9O8S/c1-51-52-18-21-3-2-10-41(21)28(46)22-8-9-36-15-23(22)44-27(29(47)40-11-13-53(49,50)14-12-40)37-25(38-44)17-43-30(48)42(16-24(45)31(33,34)35)26(39-43)19-4-6-20(32)7-5-19/h4-9,15,21,24,45H,2-3,10-14,16-18H2,1H3/t21?,24-/m0/s1. The van der Waals surface area contributed by atoms with Crippen molar-refractivity contribution < 1.29 is 46.1 Å². The van der Waals surface area contributed by atoms with Crippen LogP contribution in [0.15, 0.2) is 47.5 Å². The van der Waals surface area contributed by atoms with Crippen LogP contribution in [0.25, 0.3) is 17.1 Å². The Hall–Kier alpha value is -4.70. The number of aliphatic hydroxyl groups is 1. The molecule has 6 rings (SSSR count). The summed E-state index contributed by atoms with van der Waals surface area (Å²) in [5.41, 5.74) is -0.720. The van der Waals surface area contributed by atoms with Crippen LogP contribution in [0.5, 0.6) is 0 Å². The highest BCUT2D eigenvalue weighted by Gasteiger charge is 2.40. The third-order valence-electron chi connectivity index (χ3n) is 8.80. The number of nitrogens with zero attached hydrogens (tertiary/aromatic N) is 9. The van der Waals surface area contributed by atoms with E-state index in [1.165, 1.54) is 54.7 Å². The lowest BCUT2D eigenvalue weighted by Crippen LogP contribution is -2.44. The Morgan fingerprint density at radius 2 is 1.79 bits per heavy atom. The minimum absolute atomic E-state index is 0.0376. The monoisotopic (exact) mass is 783 g/mol. The maximum Gasteiger partial charge on any atom is 0.416 e. The summed E-state index contributed by atoms with van der Waals surface area (Å²) in [5.74, 6) is -2.53. The third-order valence-corrected chi connectivity index (χ3v) is 10.7. The zero-order valence-electron chi connectivity index (χ0n) is 28.0. The van der Waals surface area contributed by atoms with E-state index in [9.17, 15) is 41.1 Å². The predicted molar refractivity (Wildman–Crippen MR) is 179 cm³/mol. The Morgan fingerprint density at radius 1 is 1.08 bits per heavy atom. The van der Waals surface area contributed by atoms with Gasteiger partial charge >= 0.3 is 11.9 Å². The molecule has 4 aromatic rings. The lowest BCUT2D eigenvalue weighted by atomic mass is 10.1. The Labute approximate surface area is 304 Å². The quantitative estimate of drug-likeness (QED) is 0.170. The van der Waals surface area contributed by atoms with Gasteiger partial charge in [0.25, 0.3) is 11.8 Å². The van der Waals surface area contributed by atoms with Gasteiger partial charge in [-0.3, -0.25) is 19.1 Å². The fourth-order valence-corrected chi connectivity index (χ4v) is 7.36. The second kappa shape index (κ2) is 15.3. The van der Waals surface area contributed by atoms with Crippen molar-refractivity contribution in [2.24, 2.45) is 0 Å². The molecular formula is C31H33ClF3N9O8S. The molecule has 2 saturated heterocycles. The number of amides is 2. The molecule has 0 saturated carbocycles. The number of alkyl halides is 3. The van der Waals surface area contributed by atoms with Gasteiger partial charge in [0, 0.05) is 36.4 Å². The first-order chi connectivity index (χ1) is 25.2. The zero-order chi connectivity index (χ0) is 38.1. The molecule has 0 radical (unpaired) electrons. The van der Waals surface area contributed by atoms with Gasteiger partial charge in [0.05, 0.1) is 48.6 Å². The molecule has 2 atom stereocenters. The van der Waals surface area contributed by atoms with Crippen LogP contribution in [-0.4, -0.2) is 132 Å². The number of rotatable bonds is 11. The summed E-state index contributed by atoms with van der Waals surface area (Å²) in [6, 6.07) is 6.86. The molecule has 1 aromatic carbocycles. The number of carbonyl (C=O) groups is 2. The maximum absolute atomic E-state index is 14.0. The number of hydrogen-bond acceptors (Lipinski definition) is 12. The average molecular weight is 784 g/mol. The molecule has 2 fully saturated rings. The van der Waals surface area contributed by atoms with E-state index in [2.05, 4.69) is 20.2 Å². The van der Waals surface area contributed by atoms with Crippen molar-refractivity contribution >= 4 is 33.3 Å². The fourth-order valence-electron chi connectivity index (χ4n) is 6.03. The van der Waals surface area contributed by atoms with Gasteiger partial charge in [-0.1, -0.05) is 11.6 Å². The molecule has 5 heterocycles. The summed E-state index contributed by atoms with van der Waals surface area (Å²) < 4.78 is 67.0. The number of aliphatic hydroxyl groups excluding tert-OH is 1. The van der Waals surface area contributed by atoms with Crippen molar-refractivity contribution in [3.05, 3.63) is 75.4 Å². The summed E-state index contributed by atoms with van der Waals surface area (Å²) >= 11 is 5.98. The second-order valence-corrected chi connectivity index (χ2v) is 15.0. The van der Waals surface area contributed by atoms with E-state index in [0.717, 1.165) is 9.36 Å². The van der Waals surface area contributed by atoms with Crippen LogP contribution < -0.4 is 5.69 Å². The summed E-state index contributed by atoms with van der Waals surface area (Å²) in [5, 5.41) is 18.9. The smallest absolute Gasteiger partial charge is 0.382 e. The SMILES string of the molecule is COOCC1CCCN1C(=O)c1ccncc1-n1nc(Cn2nc(-c3ccc(Cl)cc3)n(C[C@H](O)C(F)(F)F)c2=O)nc1C(=O)N1CCS(=O)(=O)CC1. The third kappa shape index (κ3) is 8.28. The first-order valence-corrected chi connectivity index (χ1v) is 18.4. The lowest BCUT2D eigenvalue weighted by molar-refractivity contribution is -0.278. The molecular weight excluding hydrogens is 751 g/mol. The first-order valence-electron chi connectivity index (χ1n) is 16.2. The number of pyridine rings is 1. The number of hydrogen-bond donors (Lipinski definition) is 1. The highest BCUT2D eigenvalue weighted by Crippen LogP contribution is 2.26. The largest absolute Gasteiger partial charge is 0.416 e. The van der Waals surface area contributed by atoms with E-state index in [4.69, 9.17) is 21.4 Å². The lowest BCUT2D eigenvalue weighted by Gasteiger charge is -2.27. The highest BCUT2D eigenvalue weighted by molar-refractivity contribution is 7.91. The number of benzene rings is 1. The molecule has 284 valence electrons. The van der Waals surface area contributed by atoms with Crippen LogP contribution in [0.1, 0.15) is 39.6 Å². The Morgan fingerprint density at radius 3 is 2.47 bits per heavy atom. The van der Waals surface area contributed by atoms with Gasteiger partial charge < -0.3 is 14.9 Å². The van der Waals surface area contributed by atoms with E-state index in [1.807, 2.05) is 0 Å². The number of sulfone groups is 1. The fraction of sp³-hybridized carbons (Fsp3) is 0.452. The Bertz CT molecular complexity index is 2140. The molecule has 0 spiro atoms. The summed E-state index contributed by atoms with van der Waals surface area (Å²) in [7, 11) is -2.03. The highest BCUT2D eigenvalue weighted by atomic mass is 35.5. The molecule has 17 nitrogen and oxygen atoms in total. The van der Waals surface area contributed by atoms with Crippen molar-refractivity contribution in [3.8, 4) is 17.1 Å². The molecule has 1 N–H and O–H groups in total. The van der Waals surface area contributed by atoms with Gasteiger partial charge in [0.15, 0.2) is 27.6 Å². The van der Waals surface area contributed by atoms with Gasteiger partial charge in [0.1, 0.15) is 13.2 Å². The summed E-state index contributed by atoms with van der Waals surface area (Å²) in [6.45, 7) is -1.53. The van der Waals surface area contributed by atoms with Crippen molar-refractivity contribution in [2.75, 3.05) is 44.9 Å². The zero-order valence-corrected chi connectivity index (χ0v) is 29.6. The van der Waals surface area contributed by atoms with Gasteiger partial charge in [-0.25, -0.2) is 37.3 Å².